The molecular weight excluding hydrogens is 372 g/mol. The Kier molecular flexibility index (Phi) is 5.93. The van der Waals surface area contributed by atoms with Crippen molar-refractivity contribution >= 4 is 22.4 Å². The number of hydrogen-bond acceptors (Lipinski definition) is 7. The van der Waals surface area contributed by atoms with Crippen LogP contribution in [0.4, 0.5) is 5.13 Å². The number of nitrogens with zero attached hydrogens (tertiary/aromatic N) is 4. The minimum Gasteiger partial charge on any atom is -0.360 e. The van der Waals surface area contributed by atoms with Gasteiger partial charge in [0.1, 0.15) is 6.07 Å². The molecular formula is C20H22N6OS. The number of carbonyl (C=O) groups excluding carboxylic acids is 1. The van der Waals surface area contributed by atoms with Crippen LogP contribution in [0.1, 0.15) is 30.2 Å². The third-order valence-electron chi connectivity index (χ3n) is 4.85. The maximum absolute atomic E-state index is 11.8. The van der Waals surface area contributed by atoms with E-state index >= 15 is 0 Å². The molecule has 8 heteroatoms. The fraction of sp³-hybridized carbons (Fsp3) is 0.400. The summed E-state index contributed by atoms with van der Waals surface area (Å²) in [7, 11) is 0. The number of nitrogens with one attached hydrogen (secondary N) is 2. The molecule has 0 saturated carbocycles. The summed E-state index contributed by atoms with van der Waals surface area (Å²) in [5.74, 6) is -0.0814. The number of nitriles is 2. The first-order valence-corrected chi connectivity index (χ1v) is 9.97. The highest BCUT2D eigenvalue weighted by Gasteiger charge is 2.42. The topological polar surface area (TPSA) is 105 Å². The summed E-state index contributed by atoms with van der Waals surface area (Å²) in [6, 6.07) is 11.8. The highest BCUT2D eigenvalue weighted by molar-refractivity contribution is 7.16. The number of amides is 1. The van der Waals surface area contributed by atoms with Crippen molar-refractivity contribution in [2.45, 2.75) is 32.4 Å². The van der Waals surface area contributed by atoms with Crippen molar-refractivity contribution in [3.63, 3.8) is 0 Å². The van der Waals surface area contributed by atoms with Gasteiger partial charge in [0.25, 0.3) is 0 Å². The average molecular weight is 395 g/mol. The molecule has 2 N–H and O–H groups in total. The second-order valence-corrected chi connectivity index (χ2v) is 7.92. The number of likely N-dealkylation sites (tertiary alicyclic amines) is 1. The van der Waals surface area contributed by atoms with E-state index in [4.69, 9.17) is 5.26 Å². The molecule has 144 valence electrons. The maximum Gasteiger partial charge on any atom is 0.221 e. The molecule has 0 bridgehead atoms. The largest absolute Gasteiger partial charge is 0.360 e. The molecule has 1 aromatic carbocycles. The number of hydrogen-bond donors (Lipinski definition) is 2. The van der Waals surface area contributed by atoms with Gasteiger partial charge in [0.15, 0.2) is 10.8 Å². The summed E-state index contributed by atoms with van der Waals surface area (Å²) in [6.07, 6.45) is 1.47. The summed E-state index contributed by atoms with van der Waals surface area (Å²) in [6.45, 7) is 5.27. The van der Waals surface area contributed by atoms with Crippen molar-refractivity contribution in [3.8, 4) is 23.4 Å². The fourth-order valence-electron chi connectivity index (χ4n) is 3.47. The van der Waals surface area contributed by atoms with Crippen molar-refractivity contribution in [3.05, 3.63) is 34.7 Å². The zero-order valence-corrected chi connectivity index (χ0v) is 16.8. The van der Waals surface area contributed by atoms with E-state index in [9.17, 15) is 10.1 Å². The Morgan fingerprint density at radius 2 is 2.07 bits per heavy atom. The van der Waals surface area contributed by atoms with Gasteiger partial charge in [-0.1, -0.05) is 12.1 Å². The molecule has 1 aromatic heterocycles. The van der Waals surface area contributed by atoms with Crippen LogP contribution in [0.5, 0.6) is 0 Å². The SMILES string of the molecule is CC(=O)N1CCCC1(C#N)NCCNc1nc(-c2ccc(C#N)cc2)c(C)s1. The standard InChI is InChI=1S/C20H22N6OS/c1-14-18(17-6-4-16(12-21)5-7-17)25-19(28-14)23-9-10-24-20(13-22)8-3-11-26(20)15(2)27/h4-7,24H,3,8-11H2,1-2H3,(H,23,25). The fourth-order valence-corrected chi connectivity index (χ4v) is 4.33. The second-order valence-electron chi connectivity index (χ2n) is 6.71. The number of thiazole rings is 1. The van der Waals surface area contributed by atoms with Gasteiger partial charge in [-0.2, -0.15) is 10.5 Å². The summed E-state index contributed by atoms with van der Waals surface area (Å²) in [5, 5.41) is 25.8. The summed E-state index contributed by atoms with van der Waals surface area (Å²) >= 11 is 1.57. The predicted molar refractivity (Wildman–Crippen MR) is 108 cm³/mol. The van der Waals surface area contributed by atoms with Crippen LogP contribution in [-0.4, -0.2) is 41.1 Å². The molecule has 2 heterocycles. The molecule has 1 atom stereocenters. The van der Waals surface area contributed by atoms with Gasteiger partial charge in [-0.3, -0.25) is 10.1 Å². The summed E-state index contributed by atoms with van der Waals surface area (Å²) < 4.78 is 0. The molecule has 1 aliphatic heterocycles. The van der Waals surface area contributed by atoms with Crippen LogP contribution < -0.4 is 10.6 Å². The van der Waals surface area contributed by atoms with Crippen molar-refractivity contribution in [2.75, 3.05) is 25.0 Å². The number of benzene rings is 1. The Bertz CT molecular complexity index is 939. The smallest absolute Gasteiger partial charge is 0.221 e. The first kappa shape index (κ1) is 19.8. The highest BCUT2D eigenvalue weighted by atomic mass is 32.1. The molecule has 28 heavy (non-hydrogen) atoms. The molecule has 0 aliphatic carbocycles. The van der Waals surface area contributed by atoms with Crippen LogP contribution in [0.3, 0.4) is 0 Å². The molecule has 1 saturated heterocycles. The van der Waals surface area contributed by atoms with Crippen molar-refractivity contribution in [2.24, 2.45) is 0 Å². The Hall–Kier alpha value is -2.94. The minimum absolute atomic E-state index is 0.0814. The van der Waals surface area contributed by atoms with Crippen LogP contribution in [0.2, 0.25) is 0 Å². The Balaban J connectivity index is 1.59. The van der Waals surface area contributed by atoms with E-state index in [1.165, 1.54) is 6.92 Å². The van der Waals surface area contributed by atoms with Crippen molar-refractivity contribution in [1.82, 2.24) is 15.2 Å². The molecule has 2 aromatic rings. The highest BCUT2D eigenvalue weighted by Crippen LogP contribution is 2.30. The van der Waals surface area contributed by atoms with Crippen LogP contribution >= 0.6 is 11.3 Å². The Morgan fingerprint density at radius 3 is 2.71 bits per heavy atom. The van der Waals surface area contributed by atoms with E-state index in [-0.39, 0.29) is 5.91 Å². The number of carbonyl (C=O) groups is 1. The normalized spacial score (nSPS) is 18.5. The van der Waals surface area contributed by atoms with Crippen LogP contribution in [0.25, 0.3) is 11.3 Å². The molecule has 0 spiro atoms. The third kappa shape index (κ3) is 3.99. The lowest BCUT2D eigenvalue weighted by atomic mass is 10.1. The van der Waals surface area contributed by atoms with Crippen LogP contribution in [0, 0.1) is 29.6 Å². The monoisotopic (exact) mass is 394 g/mol. The number of rotatable bonds is 6. The average Bonchev–Trinajstić information content (AvgIpc) is 3.29. The lowest BCUT2D eigenvalue weighted by molar-refractivity contribution is -0.132. The van der Waals surface area contributed by atoms with Gasteiger partial charge in [0.05, 0.1) is 17.3 Å². The molecule has 1 fully saturated rings. The van der Waals surface area contributed by atoms with E-state index in [0.29, 0.717) is 31.6 Å². The molecule has 3 rings (SSSR count). The van der Waals surface area contributed by atoms with Gasteiger partial charge in [-0.05, 0) is 31.9 Å². The molecule has 1 aliphatic rings. The molecule has 1 amide bonds. The summed E-state index contributed by atoms with van der Waals surface area (Å²) in [5.41, 5.74) is 1.60. The number of aryl methyl sites for hydroxylation is 1. The van der Waals surface area contributed by atoms with Crippen molar-refractivity contribution < 1.29 is 4.79 Å². The van der Waals surface area contributed by atoms with E-state index in [0.717, 1.165) is 27.7 Å². The first-order valence-electron chi connectivity index (χ1n) is 9.15. The molecule has 0 radical (unpaired) electrons. The Labute approximate surface area is 168 Å². The predicted octanol–water partition coefficient (Wildman–Crippen LogP) is 2.85. The minimum atomic E-state index is -0.903. The van der Waals surface area contributed by atoms with Gasteiger partial charge in [0.2, 0.25) is 5.91 Å². The first-order chi connectivity index (χ1) is 13.5. The van der Waals surface area contributed by atoms with E-state index in [2.05, 4.69) is 27.8 Å². The van der Waals surface area contributed by atoms with E-state index < -0.39 is 5.66 Å². The lowest BCUT2D eigenvalue weighted by Gasteiger charge is -2.32. The van der Waals surface area contributed by atoms with Gasteiger partial charge in [-0.25, -0.2) is 4.98 Å². The zero-order valence-electron chi connectivity index (χ0n) is 16.0. The Morgan fingerprint density at radius 1 is 1.32 bits per heavy atom. The maximum atomic E-state index is 11.8. The van der Waals surface area contributed by atoms with Crippen LogP contribution in [0.15, 0.2) is 24.3 Å². The zero-order chi connectivity index (χ0) is 20.1. The van der Waals surface area contributed by atoms with E-state index in [1.54, 1.807) is 28.4 Å². The number of anilines is 1. The van der Waals surface area contributed by atoms with Gasteiger partial charge in [0, 0.05) is 37.0 Å². The quantitative estimate of drug-likeness (QED) is 0.730. The number of aromatic nitrogens is 1. The second kappa shape index (κ2) is 8.39. The van der Waals surface area contributed by atoms with Crippen LogP contribution in [-0.2, 0) is 4.79 Å². The third-order valence-corrected chi connectivity index (χ3v) is 5.78. The molecule has 7 nitrogen and oxygen atoms in total. The summed E-state index contributed by atoms with van der Waals surface area (Å²) in [4.78, 5) is 19.1. The van der Waals surface area contributed by atoms with Gasteiger partial charge in [-0.15, -0.1) is 11.3 Å². The van der Waals surface area contributed by atoms with E-state index in [1.807, 2.05) is 19.1 Å². The van der Waals surface area contributed by atoms with Gasteiger partial charge >= 0.3 is 0 Å². The van der Waals surface area contributed by atoms with Gasteiger partial charge < -0.3 is 10.2 Å². The molecule has 1 unspecified atom stereocenters. The lowest BCUT2D eigenvalue weighted by Crippen LogP contribution is -2.56. The van der Waals surface area contributed by atoms with Crippen molar-refractivity contribution in [1.29, 1.82) is 10.5 Å².